The van der Waals surface area contributed by atoms with Crippen molar-refractivity contribution in [2.24, 2.45) is 0 Å². The summed E-state index contributed by atoms with van der Waals surface area (Å²) < 4.78 is 8.04. The second-order valence-corrected chi connectivity index (χ2v) is 6.41. The largest absolute Gasteiger partial charge is 0.494 e. The van der Waals surface area contributed by atoms with Crippen molar-refractivity contribution in [3.63, 3.8) is 0 Å². The van der Waals surface area contributed by atoms with Gasteiger partial charge in [0.2, 0.25) is 5.91 Å². The smallest absolute Gasteiger partial charge is 0.244 e. The van der Waals surface area contributed by atoms with E-state index in [1.54, 1.807) is 22.9 Å². The molecule has 25 heavy (non-hydrogen) atoms. The van der Waals surface area contributed by atoms with Crippen LogP contribution < -0.4 is 10.1 Å². The van der Waals surface area contributed by atoms with Crippen molar-refractivity contribution in [3.8, 4) is 5.75 Å². The minimum atomic E-state index is -0.165. The first-order chi connectivity index (χ1) is 12.1. The molecule has 1 aromatic heterocycles. The Morgan fingerprint density at radius 1 is 1.24 bits per heavy atom. The maximum Gasteiger partial charge on any atom is 0.244 e. The number of fused-ring (bicyclic) bond motifs is 1. The first-order valence-corrected chi connectivity index (χ1v) is 8.66. The molecular formula is C19H17BrN2O3. The molecule has 0 aliphatic carbocycles. The summed E-state index contributed by atoms with van der Waals surface area (Å²) in [5.41, 5.74) is 2.10. The quantitative estimate of drug-likeness (QED) is 0.629. The van der Waals surface area contributed by atoms with Crippen molar-refractivity contribution in [3.05, 3.63) is 58.7 Å². The van der Waals surface area contributed by atoms with Gasteiger partial charge in [-0.15, -0.1) is 0 Å². The number of rotatable bonds is 6. The molecule has 1 N–H and O–H groups in total. The fourth-order valence-corrected chi connectivity index (χ4v) is 3.04. The lowest BCUT2D eigenvalue weighted by atomic mass is 10.2. The van der Waals surface area contributed by atoms with Crippen LogP contribution in [0.5, 0.6) is 5.75 Å². The number of carbonyl (C=O) groups is 2. The van der Waals surface area contributed by atoms with Crippen molar-refractivity contribution in [1.82, 2.24) is 4.57 Å². The monoisotopic (exact) mass is 400 g/mol. The zero-order chi connectivity index (χ0) is 17.8. The normalized spacial score (nSPS) is 10.6. The Bertz CT molecular complexity index is 916. The van der Waals surface area contributed by atoms with Gasteiger partial charge in [0, 0.05) is 32.8 Å². The van der Waals surface area contributed by atoms with Crippen LogP contribution in [-0.2, 0) is 11.3 Å². The van der Waals surface area contributed by atoms with Crippen molar-refractivity contribution in [2.75, 3.05) is 11.9 Å². The van der Waals surface area contributed by atoms with Gasteiger partial charge in [-0.05, 0) is 49.4 Å². The van der Waals surface area contributed by atoms with Crippen LogP contribution in [0.1, 0.15) is 17.3 Å². The molecule has 0 bridgehead atoms. The Morgan fingerprint density at radius 3 is 2.68 bits per heavy atom. The van der Waals surface area contributed by atoms with Gasteiger partial charge in [-0.2, -0.15) is 0 Å². The zero-order valence-corrected chi connectivity index (χ0v) is 15.2. The van der Waals surface area contributed by atoms with Crippen molar-refractivity contribution in [2.45, 2.75) is 13.5 Å². The average Bonchev–Trinajstić information content (AvgIpc) is 2.93. The summed E-state index contributed by atoms with van der Waals surface area (Å²) in [6, 6.07) is 12.9. The van der Waals surface area contributed by atoms with Gasteiger partial charge in [0.25, 0.3) is 0 Å². The van der Waals surface area contributed by atoms with Gasteiger partial charge in [-0.3, -0.25) is 9.59 Å². The zero-order valence-electron chi connectivity index (χ0n) is 13.7. The van der Waals surface area contributed by atoms with E-state index in [1.807, 2.05) is 37.3 Å². The molecule has 1 amide bonds. The first-order valence-electron chi connectivity index (χ1n) is 7.87. The van der Waals surface area contributed by atoms with E-state index in [-0.39, 0.29) is 12.5 Å². The third-order valence-corrected chi connectivity index (χ3v) is 4.26. The van der Waals surface area contributed by atoms with Crippen LogP contribution in [0.15, 0.2) is 53.1 Å². The molecule has 0 spiro atoms. The highest BCUT2D eigenvalue weighted by Crippen LogP contribution is 2.24. The second-order valence-electron chi connectivity index (χ2n) is 5.50. The van der Waals surface area contributed by atoms with Crippen molar-refractivity contribution in [1.29, 1.82) is 0 Å². The minimum absolute atomic E-state index is 0.124. The standard InChI is InChI=1S/C19H17BrN2O3/c1-2-25-16-6-4-15(5-7-16)21-19(24)11-22-10-13(12-23)17-9-14(20)3-8-18(17)22/h3-10,12H,2,11H2,1H3,(H,21,24). The van der Waals surface area contributed by atoms with E-state index in [0.29, 0.717) is 17.9 Å². The van der Waals surface area contributed by atoms with Crippen LogP contribution >= 0.6 is 15.9 Å². The molecule has 0 aliphatic rings. The lowest BCUT2D eigenvalue weighted by Crippen LogP contribution is -2.18. The van der Waals surface area contributed by atoms with E-state index < -0.39 is 0 Å². The Hall–Kier alpha value is -2.60. The van der Waals surface area contributed by atoms with Crippen molar-refractivity contribution < 1.29 is 14.3 Å². The van der Waals surface area contributed by atoms with E-state index in [1.165, 1.54) is 0 Å². The minimum Gasteiger partial charge on any atom is -0.494 e. The van der Waals surface area contributed by atoms with Crippen LogP contribution in [0.25, 0.3) is 10.9 Å². The van der Waals surface area contributed by atoms with Crippen LogP contribution in [0, 0.1) is 0 Å². The summed E-state index contributed by atoms with van der Waals surface area (Å²) in [5.74, 6) is 0.597. The highest BCUT2D eigenvalue weighted by atomic mass is 79.9. The highest BCUT2D eigenvalue weighted by Gasteiger charge is 2.11. The van der Waals surface area contributed by atoms with E-state index in [9.17, 15) is 9.59 Å². The summed E-state index contributed by atoms with van der Waals surface area (Å²) in [5, 5.41) is 3.67. The number of hydrogen-bond acceptors (Lipinski definition) is 3. The molecule has 0 aliphatic heterocycles. The molecule has 0 saturated heterocycles. The molecule has 5 nitrogen and oxygen atoms in total. The Kier molecular flexibility index (Phi) is 5.19. The number of anilines is 1. The molecular weight excluding hydrogens is 384 g/mol. The molecule has 0 saturated carbocycles. The molecule has 0 radical (unpaired) electrons. The van der Waals surface area contributed by atoms with Gasteiger partial charge in [0.1, 0.15) is 12.3 Å². The highest BCUT2D eigenvalue weighted by molar-refractivity contribution is 9.10. The fourth-order valence-electron chi connectivity index (χ4n) is 2.68. The molecule has 6 heteroatoms. The molecule has 3 rings (SSSR count). The third kappa shape index (κ3) is 3.91. The number of aldehydes is 1. The third-order valence-electron chi connectivity index (χ3n) is 3.76. The maximum absolute atomic E-state index is 12.3. The van der Waals surface area contributed by atoms with Gasteiger partial charge in [-0.25, -0.2) is 0 Å². The number of amides is 1. The number of hydrogen-bond donors (Lipinski definition) is 1. The fraction of sp³-hybridized carbons (Fsp3) is 0.158. The summed E-state index contributed by atoms with van der Waals surface area (Å²) >= 11 is 3.40. The topological polar surface area (TPSA) is 60.3 Å². The molecule has 128 valence electrons. The van der Waals surface area contributed by atoms with Crippen molar-refractivity contribution >= 4 is 44.7 Å². The number of aromatic nitrogens is 1. The van der Waals surface area contributed by atoms with Gasteiger partial charge < -0.3 is 14.6 Å². The van der Waals surface area contributed by atoms with E-state index in [4.69, 9.17) is 4.74 Å². The van der Waals surface area contributed by atoms with E-state index >= 15 is 0 Å². The Morgan fingerprint density at radius 2 is 2.00 bits per heavy atom. The van der Waals surface area contributed by atoms with E-state index in [2.05, 4.69) is 21.2 Å². The number of halogens is 1. The predicted octanol–water partition coefficient (Wildman–Crippen LogP) is 4.25. The Balaban J connectivity index is 1.76. The van der Waals surface area contributed by atoms with Gasteiger partial charge in [0.05, 0.1) is 6.61 Å². The number of nitrogens with one attached hydrogen (secondary N) is 1. The number of carbonyl (C=O) groups excluding carboxylic acids is 2. The molecule has 3 aromatic rings. The maximum atomic E-state index is 12.3. The molecule has 1 heterocycles. The van der Waals surface area contributed by atoms with Crippen LogP contribution in [-0.4, -0.2) is 23.4 Å². The molecule has 2 aromatic carbocycles. The number of benzene rings is 2. The second kappa shape index (κ2) is 7.53. The van der Waals surface area contributed by atoms with Gasteiger partial charge in [-0.1, -0.05) is 15.9 Å². The number of ether oxygens (including phenoxy) is 1. The lowest BCUT2D eigenvalue weighted by Gasteiger charge is -2.08. The molecule has 0 fully saturated rings. The first kappa shape index (κ1) is 17.2. The Labute approximate surface area is 153 Å². The summed E-state index contributed by atoms with van der Waals surface area (Å²) in [6.45, 7) is 2.64. The molecule has 0 atom stereocenters. The summed E-state index contributed by atoms with van der Waals surface area (Å²) in [4.78, 5) is 23.6. The predicted molar refractivity (Wildman–Crippen MR) is 101 cm³/mol. The molecule has 0 unspecified atom stereocenters. The van der Waals surface area contributed by atoms with Crippen LogP contribution in [0.2, 0.25) is 0 Å². The number of nitrogens with zero attached hydrogens (tertiary/aromatic N) is 1. The SMILES string of the molecule is CCOc1ccc(NC(=O)Cn2cc(C=O)c3cc(Br)ccc32)cc1. The average molecular weight is 401 g/mol. The van der Waals surface area contributed by atoms with Crippen LogP contribution in [0.4, 0.5) is 5.69 Å². The lowest BCUT2D eigenvalue weighted by molar-refractivity contribution is -0.116. The van der Waals surface area contributed by atoms with Gasteiger partial charge in [0.15, 0.2) is 6.29 Å². The van der Waals surface area contributed by atoms with Crippen LogP contribution in [0.3, 0.4) is 0 Å². The van der Waals surface area contributed by atoms with E-state index in [0.717, 1.165) is 27.4 Å². The summed E-state index contributed by atoms with van der Waals surface area (Å²) in [6.07, 6.45) is 2.50. The summed E-state index contributed by atoms with van der Waals surface area (Å²) in [7, 11) is 0. The van der Waals surface area contributed by atoms with Gasteiger partial charge >= 0.3 is 0 Å².